The lowest BCUT2D eigenvalue weighted by Gasteiger charge is -2.06. The Balaban J connectivity index is 3.16. The number of rotatable bonds is 50. The molecule has 0 aliphatic rings. The molecule has 0 atom stereocenters. The zero-order chi connectivity index (χ0) is 41.9. The summed E-state index contributed by atoms with van der Waals surface area (Å²) in [4.78, 5) is 22.5. The van der Waals surface area contributed by atoms with E-state index in [1.807, 2.05) is 0 Å². The van der Waals surface area contributed by atoms with Crippen molar-refractivity contribution >= 4 is 11.9 Å². The van der Waals surface area contributed by atoms with Crippen molar-refractivity contribution in [3.63, 3.8) is 0 Å². The first-order valence-corrected chi connectivity index (χ1v) is 26.3. The molecule has 0 bridgehead atoms. The summed E-state index contributed by atoms with van der Waals surface area (Å²) in [6.45, 7) is 2.87. The van der Waals surface area contributed by atoms with Crippen molar-refractivity contribution in [3.05, 3.63) is 24.3 Å². The van der Waals surface area contributed by atoms with Gasteiger partial charge in [-0.2, -0.15) is 0 Å². The highest BCUT2D eigenvalue weighted by atomic mass is 16.5. The van der Waals surface area contributed by atoms with Crippen molar-refractivity contribution in [1.82, 2.24) is 0 Å². The Morgan fingerprint density at radius 3 is 0.948 bits per heavy atom. The second-order valence-corrected chi connectivity index (χ2v) is 18.0. The maximum atomic E-state index is 12.0. The van der Waals surface area contributed by atoms with Crippen molar-refractivity contribution in [2.24, 2.45) is 0 Å². The Kier molecular flexibility index (Phi) is 50.2. The first-order chi connectivity index (χ1) is 28.7. The van der Waals surface area contributed by atoms with E-state index in [0.717, 1.165) is 38.5 Å². The molecular weight excluding hydrogens is 713 g/mol. The fourth-order valence-electron chi connectivity index (χ4n) is 8.20. The van der Waals surface area contributed by atoms with Crippen molar-refractivity contribution in [2.75, 3.05) is 6.61 Å². The molecule has 4 heteroatoms. The molecule has 0 rings (SSSR count). The highest BCUT2D eigenvalue weighted by molar-refractivity contribution is 5.69. The van der Waals surface area contributed by atoms with Crippen molar-refractivity contribution in [1.29, 1.82) is 0 Å². The number of aliphatic carboxylic acids is 1. The van der Waals surface area contributed by atoms with E-state index in [1.165, 1.54) is 244 Å². The third-order valence-corrected chi connectivity index (χ3v) is 12.1. The molecular formula is C54H102O4. The van der Waals surface area contributed by atoms with Crippen LogP contribution in [0.4, 0.5) is 0 Å². The van der Waals surface area contributed by atoms with Gasteiger partial charge in [-0.15, -0.1) is 0 Å². The third kappa shape index (κ3) is 52.4. The summed E-state index contributed by atoms with van der Waals surface area (Å²) >= 11 is 0. The van der Waals surface area contributed by atoms with Crippen molar-refractivity contribution in [2.45, 2.75) is 302 Å². The number of allylic oxidation sites excluding steroid dienone is 4. The molecule has 58 heavy (non-hydrogen) atoms. The quantitative estimate of drug-likeness (QED) is 0.0377. The van der Waals surface area contributed by atoms with E-state index in [1.54, 1.807) is 0 Å². The van der Waals surface area contributed by atoms with Crippen LogP contribution in [0.2, 0.25) is 0 Å². The van der Waals surface area contributed by atoms with Crippen LogP contribution in [0, 0.1) is 0 Å². The van der Waals surface area contributed by atoms with Gasteiger partial charge < -0.3 is 9.84 Å². The number of carboxylic acids is 1. The molecule has 0 aromatic rings. The minimum Gasteiger partial charge on any atom is -0.481 e. The van der Waals surface area contributed by atoms with Crippen molar-refractivity contribution in [3.8, 4) is 0 Å². The third-order valence-electron chi connectivity index (χ3n) is 12.1. The van der Waals surface area contributed by atoms with Crippen LogP contribution in [-0.2, 0) is 14.3 Å². The van der Waals surface area contributed by atoms with Crippen LogP contribution < -0.4 is 0 Å². The lowest BCUT2D eigenvalue weighted by Crippen LogP contribution is -2.05. The maximum Gasteiger partial charge on any atom is 0.305 e. The number of carboxylic acid groups (broad SMARTS) is 1. The molecule has 0 spiro atoms. The zero-order valence-corrected chi connectivity index (χ0v) is 39.2. The number of esters is 1. The van der Waals surface area contributed by atoms with Gasteiger partial charge in [0.2, 0.25) is 0 Å². The Morgan fingerprint density at radius 1 is 0.345 bits per heavy atom. The molecule has 0 aromatic carbocycles. The molecule has 0 amide bonds. The largest absolute Gasteiger partial charge is 0.481 e. The Morgan fingerprint density at radius 2 is 0.621 bits per heavy atom. The summed E-state index contributed by atoms with van der Waals surface area (Å²) in [5.41, 5.74) is 0. The molecule has 0 unspecified atom stereocenters. The molecule has 0 saturated carbocycles. The Hall–Kier alpha value is -1.58. The summed E-state index contributed by atoms with van der Waals surface area (Å²) in [7, 11) is 0. The van der Waals surface area contributed by atoms with Crippen LogP contribution in [0.1, 0.15) is 302 Å². The predicted molar refractivity (Wildman–Crippen MR) is 255 cm³/mol. The van der Waals surface area contributed by atoms with Crippen LogP contribution in [0.15, 0.2) is 24.3 Å². The van der Waals surface area contributed by atoms with Gasteiger partial charge in [-0.25, -0.2) is 0 Å². The van der Waals surface area contributed by atoms with Gasteiger partial charge in [-0.05, 0) is 51.4 Å². The highest BCUT2D eigenvalue weighted by Crippen LogP contribution is 2.17. The number of hydrogen-bond acceptors (Lipinski definition) is 3. The number of unbranched alkanes of at least 4 members (excludes halogenated alkanes) is 40. The molecule has 342 valence electrons. The first-order valence-electron chi connectivity index (χ1n) is 26.3. The second-order valence-electron chi connectivity index (χ2n) is 18.0. The van der Waals surface area contributed by atoms with Crippen LogP contribution in [-0.4, -0.2) is 23.7 Å². The Labute approximate surface area is 363 Å². The number of ether oxygens (including phenoxy) is 1. The molecule has 0 aliphatic carbocycles. The SMILES string of the molecule is CCCCC/C=C\C/C=C\CCCCCCCC(=O)OCCCCCCCCCCCCCCCCCCCCCCCCCCCCCCCCCCCC(=O)O. The van der Waals surface area contributed by atoms with Gasteiger partial charge in [0.15, 0.2) is 0 Å². The van der Waals surface area contributed by atoms with Gasteiger partial charge in [0.25, 0.3) is 0 Å². The van der Waals surface area contributed by atoms with E-state index in [9.17, 15) is 9.59 Å². The van der Waals surface area contributed by atoms with Crippen LogP contribution >= 0.6 is 0 Å². The van der Waals surface area contributed by atoms with E-state index in [2.05, 4.69) is 31.2 Å². The highest BCUT2D eigenvalue weighted by Gasteiger charge is 2.03. The van der Waals surface area contributed by atoms with Gasteiger partial charge in [-0.1, -0.05) is 262 Å². The second kappa shape index (κ2) is 51.6. The molecule has 0 radical (unpaired) electrons. The average molecular weight is 815 g/mol. The molecule has 4 nitrogen and oxygen atoms in total. The molecule has 0 heterocycles. The minimum atomic E-state index is -0.652. The summed E-state index contributed by atoms with van der Waals surface area (Å²) in [6.07, 6.45) is 68.4. The van der Waals surface area contributed by atoms with E-state index in [-0.39, 0.29) is 5.97 Å². The predicted octanol–water partition coefficient (Wildman–Crippen LogP) is 18.7. The first kappa shape index (κ1) is 56.4. The smallest absolute Gasteiger partial charge is 0.305 e. The summed E-state index contributed by atoms with van der Waals surface area (Å²) in [6, 6.07) is 0. The number of carbonyl (C=O) groups is 2. The zero-order valence-electron chi connectivity index (χ0n) is 39.2. The van der Waals surface area contributed by atoms with E-state index in [0.29, 0.717) is 19.4 Å². The summed E-state index contributed by atoms with van der Waals surface area (Å²) < 4.78 is 5.47. The van der Waals surface area contributed by atoms with E-state index < -0.39 is 5.97 Å². The minimum absolute atomic E-state index is 0.00936. The molecule has 1 N–H and O–H groups in total. The molecule has 0 fully saturated rings. The van der Waals surface area contributed by atoms with Crippen LogP contribution in [0.5, 0.6) is 0 Å². The standard InChI is InChI=1S/C54H102O4/c1-2-3-4-5-6-7-8-9-29-33-36-39-42-45-48-51-54(57)58-52-49-46-43-40-37-34-31-28-26-24-22-20-18-16-14-12-10-11-13-15-17-19-21-23-25-27-30-32-35-38-41-44-47-50-53(55)56/h6-7,9,29H,2-5,8,10-28,30-52H2,1H3,(H,55,56)/b7-6-,29-9-. The van der Waals surface area contributed by atoms with E-state index in [4.69, 9.17) is 9.84 Å². The fraction of sp³-hybridized carbons (Fsp3) is 0.889. The van der Waals surface area contributed by atoms with E-state index >= 15 is 0 Å². The summed E-state index contributed by atoms with van der Waals surface area (Å²) in [5.74, 6) is -0.642. The normalized spacial score (nSPS) is 11.7. The molecule has 0 saturated heterocycles. The van der Waals surface area contributed by atoms with Gasteiger partial charge in [-0.3, -0.25) is 9.59 Å². The van der Waals surface area contributed by atoms with Gasteiger partial charge in [0.1, 0.15) is 0 Å². The monoisotopic (exact) mass is 815 g/mol. The number of carbonyl (C=O) groups excluding carboxylic acids is 1. The van der Waals surface area contributed by atoms with Crippen LogP contribution in [0.25, 0.3) is 0 Å². The average Bonchev–Trinajstić information content (AvgIpc) is 3.22. The lowest BCUT2D eigenvalue weighted by molar-refractivity contribution is -0.144. The summed E-state index contributed by atoms with van der Waals surface area (Å²) in [5, 5.41) is 8.67. The maximum absolute atomic E-state index is 12.0. The van der Waals surface area contributed by atoms with Crippen molar-refractivity contribution < 1.29 is 19.4 Å². The van der Waals surface area contributed by atoms with Gasteiger partial charge in [0.05, 0.1) is 6.61 Å². The van der Waals surface area contributed by atoms with Crippen LogP contribution in [0.3, 0.4) is 0 Å². The molecule has 0 aliphatic heterocycles. The van der Waals surface area contributed by atoms with Gasteiger partial charge in [0, 0.05) is 12.8 Å². The lowest BCUT2D eigenvalue weighted by atomic mass is 10.0. The topological polar surface area (TPSA) is 63.6 Å². The Bertz CT molecular complexity index is 863. The number of hydrogen-bond donors (Lipinski definition) is 1. The fourth-order valence-corrected chi connectivity index (χ4v) is 8.20. The molecule has 0 aromatic heterocycles. The van der Waals surface area contributed by atoms with Gasteiger partial charge >= 0.3 is 11.9 Å².